The highest BCUT2D eigenvalue weighted by atomic mass is 16.5. The molecule has 0 amide bonds. The van der Waals surface area contributed by atoms with Crippen molar-refractivity contribution in [3.8, 4) is 5.75 Å². The first kappa shape index (κ1) is 13.3. The Morgan fingerprint density at radius 3 is 2.94 bits per heavy atom. The van der Waals surface area contributed by atoms with Crippen molar-refractivity contribution in [2.24, 2.45) is 0 Å². The maximum Gasteiger partial charge on any atom is 0.123 e. The van der Waals surface area contributed by atoms with Crippen LogP contribution in [0.25, 0.3) is 0 Å². The van der Waals surface area contributed by atoms with Crippen LogP contribution in [-0.4, -0.2) is 51.5 Å². The molecule has 1 aliphatic rings. The van der Waals surface area contributed by atoms with Crippen molar-refractivity contribution in [1.29, 1.82) is 0 Å². The van der Waals surface area contributed by atoms with Crippen LogP contribution >= 0.6 is 0 Å². The molecule has 100 valence electrons. The molecule has 0 aliphatic carbocycles. The lowest BCUT2D eigenvalue weighted by Crippen LogP contribution is -2.43. The fraction of sp³-hybridized carbons (Fsp3) is 0.571. The minimum absolute atomic E-state index is 0.179. The number of para-hydroxylation sites is 1. The van der Waals surface area contributed by atoms with Gasteiger partial charge < -0.3 is 14.2 Å². The van der Waals surface area contributed by atoms with Gasteiger partial charge in [0.1, 0.15) is 5.75 Å². The summed E-state index contributed by atoms with van der Waals surface area (Å²) in [6, 6.07) is 8.16. The zero-order chi connectivity index (χ0) is 12.8. The Morgan fingerprint density at radius 1 is 1.33 bits per heavy atom. The molecule has 1 aromatic rings. The van der Waals surface area contributed by atoms with Gasteiger partial charge in [-0.1, -0.05) is 18.2 Å². The highest BCUT2D eigenvalue weighted by Crippen LogP contribution is 2.20. The van der Waals surface area contributed by atoms with E-state index in [0.717, 1.165) is 32.0 Å². The number of hydrogen-bond donors (Lipinski definition) is 0. The zero-order valence-electron chi connectivity index (χ0n) is 11.1. The van der Waals surface area contributed by atoms with Crippen molar-refractivity contribution in [3.63, 3.8) is 0 Å². The number of benzene rings is 1. The molecule has 1 atom stereocenters. The molecule has 0 radical (unpaired) electrons. The summed E-state index contributed by atoms with van der Waals surface area (Å²) in [6.45, 7) is 4.18. The Bertz CT molecular complexity index is 368. The average Bonchev–Trinajstić information content (AvgIpc) is 2.40. The Morgan fingerprint density at radius 2 is 2.17 bits per heavy atom. The van der Waals surface area contributed by atoms with E-state index in [1.807, 2.05) is 18.2 Å². The van der Waals surface area contributed by atoms with Gasteiger partial charge in [-0.25, -0.2) is 0 Å². The van der Waals surface area contributed by atoms with Crippen LogP contribution in [0.15, 0.2) is 24.3 Å². The largest absolute Gasteiger partial charge is 0.496 e. The van der Waals surface area contributed by atoms with E-state index in [-0.39, 0.29) is 6.10 Å². The lowest BCUT2D eigenvalue weighted by Gasteiger charge is -2.32. The van der Waals surface area contributed by atoms with Crippen LogP contribution in [0.2, 0.25) is 0 Å². The monoisotopic (exact) mass is 251 g/mol. The van der Waals surface area contributed by atoms with E-state index >= 15 is 0 Å². The molecule has 1 saturated heterocycles. The predicted octanol–water partition coefficient (Wildman–Crippen LogP) is 1.54. The summed E-state index contributed by atoms with van der Waals surface area (Å²) in [6.07, 6.45) is 0.179. The normalized spacial score (nSPS) is 20.9. The molecule has 0 N–H and O–H groups in total. The third-order valence-corrected chi connectivity index (χ3v) is 3.16. The molecule has 0 bridgehead atoms. The van der Waals surface area contributed by atoms with Gasteiger partial charge in [0.25, 0.3) is 0 Å². The van der Waals surface area contributed by atoms with E-state index in [1.165, 1.54) is 5.56 Å². The minimum Gasteiger partial charge on any atom is -0.496 e. The van der Waals surface area contributed by atoms with Crippen molar-refractivity contribution in [3.05, 3.63) is 29.8 Å². The molecule has 1 heterocycles. The Labute approximate surface area is 108 Å². The van der Waals surface area contributed by atoms with Gasteiger partial charge in [0.15, 0.2) is 0 Å². The van der Waals surface area contributed by atoms with Gasteiger partial charge in [0.2, 0.25) is 0 Å². The first-order valence-corrected chi connectivity index (χ1v) is 6.28. The number of ether oxygens (including phenoxy) is 3. The summed E-state index contributed by atoms with van der Waals surface area (Å²) < 4.78 is 16.2. The van der Waals surface area contributed by atoms with E-state index in [4.69, 9.17) is 14.2 Å². The second kappa shape index (κ2) is 6.73. The smallest absolute Gasteiger partial charge is 0.123 e. The van der Waals surface area contributed by atoms with Crippen LogP contribution in [0.1, 0.15) is 5.56 Å². The summed E-state index contributed by atoms with van der Waals surface area (Å²) in [5.41, 5.74) is 1.22. The van der Waals surface area contributed by atoms with E-state index < -0.39 is 0 Å². The quantitative estimate of drug-likeness (QED) is 0.794. The molecule has 1 aromatic carbocycles. The molecule has 1 unspecified atom stereocenters. The van der Waals surface area contributed by atoms with E-state index in [9.17, 15) is 0 Å². The minimum atomic E-state index is 0.179. The van der Waals surface area contributed by atoms with Crippen LogP contribution in [0.4, 0.5) is 0 Å². The average molecular weight is 251 g/mol. The molecular weight excluding hydrogens is 230 g/mol. The van der Waals surface area contributed by atoms with Gasteiger partial charge in [0.05, 0.1) is 26.4 Å². The molecule has 1 aliphatic heterocycles. The highest BCUT2D eigenvalue weighted by Gasteiger charge is 2.21. The second-order valence-corrected chi connectivity index (χ2v) is 4.50. The number of rotatable bonds is 5. The lowest BCUT2D eigenvalue weighted by molar-refractivity contribution is -0.0632. The van der Waals surface area contributed by atoms with Crippen LogP contribution < -0.4 is 4.74 Å². The van der Waals surface area contributed by atoms with Crippen molar-refractivity contribution < 1.29 is 14.2 Å². The summed E-state index contributed by atoms with van der Waals surface area (Å²) >= 11 is 0. The second-order valence-electron chi connectivity index (χ2n) is 4.50. The number of methoxy groups -OCH3 is 2. The number of hydrogen-bond acceptors (Lipinski definition) is 4. The fourth-order valence-corrected chi connectivity index (χ4v) is 2.29. The van der Waals surface area contributed by atoms with Crippen molar-refractivity contribution in [1.82, 2.24) is 4.90 Å². The topological polar surface area (TPSA) is 30.9 Å². The van der Waals surface area contributed by atoms with Crippen molar-refractivity contribution in [2.45, 2.75) is 12.6 Å². The van der Waals surface area contributed by atoms with Crippen molar-refractivity contribution >= 4 is 0 Å². The molecule has 4 nitrogen and oxygen atoms in total. The van der Waals surface area contributed by atoms with E-state index in [2.05, 4.69) is 11.0 Å². The van der Waals surface area contributed by atoms with Gasteiger partial charge in [-0.2, -0.15) is 0 Å². The lowest BCUT2D eigenvalue weighted by atomic mass is 10.1. The standard InChI is InChI=1S/C14H21NO3/c1-16-11-13-10-15(7-8-18-13)9-12-5-3-4-6-14(12)17-2/h3-6,13H,7-11H2,1-2H3. The van der Waals surface area contributed by atoms with Gasteiger partial charge >= 0.3 is 0 Å². The summed E-state index contributed by atoms with van der Waals surface area (Å²) in [5, 5.41) is 0. The maximum absolute atomic E-state index is 5.64. The number of morpholine rings is 1. The third-order valence-electron chi connectivity index (χ3n) is 3.16. The zero-order valence-corrected chi connectivity index (χ0v) is 11.1. The molecule has 0 aromatic heterocycles. The number of nitrogens with zero attached hydrogens (tertiary/aromatic N) is 1. The van der Waals surface area contributed by atoms with Crippen LogP contribution in [-0.2, 0) is 16.0 Å². The molecule has 0 saturated carbocycles. The van der Waals surface area contributed by atoms with Crippen LogP contribution in [0.3, 0.4) is 0 Å². The van der Waals surface area contributed by atoms with E-state index in [0.29, 0.717) is 6.61 Å². The maximum atomic E-state index is 5.64. The summed E-state index contributed by atoms with van der Waals surface area (Å²) in [7, 11) is 3.43. The third kappa shape index (κ3) is 3.45. The van der Waals surface area contributed by atoms with Gasteiger partial charge in [-0.3, -0.25) is 4.90 Å². The van der Waals surface area contributed by atoms with Gasteiger partial charge in [-0.05, 0) is 6.07 Å². The van der Waals surface area contributed by atoms with Crippen LogP contribution in [0, 0.1) is 0 Å². The molecule has 4 heteroatoms. The fourth-order valence-electron chi connectivity index (χ4n) is 2.29. The summed E-state index contributed by atoms with van der Waals surface area (Å²) in [4.78, 5) is 2.38. The molecule has 0 spiro atoms. The van der Waals surface area contributed by atoms with Crippen molar-refractivity contribution in [2.75, 3.05) is 40.5 Å². The molecule has 18 heavy (non-hydrogen) atoms. The van der Waals surface area contributed by atoms with E-state index in [1.54, 1.807) is 14.2 Å². The first-order valence-electron chi connectivity index (χ1n) is 6.28. The predicted molar refractivity (Wildman–Crippen MR) is 69.9 cm³/mol. The summed E-state index contributed by atoms with van der Waals surface area (Å²) in [5.74, 6) is 0.951. The van der Waals surface area contributed by atoms with Gasteiger partial charge in [-0.15, -0.1) is 0 Å². The first-order chi connectivity index (χ1) is 8.83. The SMILES string of the molecule is COCC1CN(Cc2ccccc2OC)CCO1. The van der Waals surface area contributed by atoms with Crippen LogP contribution in [0.5, 0.6) is 5.75 Å². The Hall–Kier alpha value is -1.10. The molecular formula is C14H21NO3. The Balaban J connectivity index is 1.96. The molecule has 2 rings (SSSR count). The molecule has 1 fully saturated rings. The Kier molecular flexibility index (Phi) is 4.99. The highest BCUT2D eigenvalue weighted by molar-refractivity contribution is 5.33. The van der Waals surface area contributed by atoms with Gasteiger partial charge in [0, 0.05) is 32.3 Å².